The molecule has 88 valence electrons. The zero-order valence-corrected chi connectivity index (χ0v) is 11.0. The molecule has 0 aliphatic carbocycles. The van der Waals surface area contributed by atoms with Crippen LogP contribution in [0.4, 0.5) is 0 Å². The third-order valence-corrected chi connectivity index (χ3v) is 4.22. The molecule has 2 rings (SSSR count). The monoisotopic (exact) mass is 237 g/mol. The Morgan fingerprint density at radius 3 is 2.75 bits per heavy atom. The molecule has 0 saturated carbocycles. The first kappa shape index (κ1) is 11.7. The van der Waals surface area contributed by atoms with E-state index in [0.29, 0.717) is 0 Å². The average Bonchev–Trinajstić information content (AvgIpc) is 2.61. The van der Waals surface area contributed by atoms with Gasteiger partial charge in [-0.2, -0.15) is 0 Å². The van der Waals surface area contributed by atoms with E-state index in [0.717, 1.165) is 25.2 Å². The van der Waals surface area contributed by atoms with Crippen LogP contribution in [0.5, 0.6) is 0 Å². The zero-order valence-electron chi connectivity index (χ0n) is 10.2. The Balaban J connectivity index is 2.24. The van der Waals surface area contributed by atoms with Crippen molar-refractivity contribution < 1.29 is 4.74 Å². The molecule has 0 saturated heterocycles. The van der Waals surface area contributed by atoms with E-state index in [1.807, 2.05) is 18.4 Å². The van der Waals surface area contributed by atoms with Gasteiger partial charge in [0.2, 0.25) is 0 Å². The van der Waals surface area contributed by atoms with Gasteiger partial charge in [0.1, 0.15) is 5.76 Å². The molecule has 1 atom stereocenters. The average molecular weight is 237 g/mol. The normalized spacial score (nSPS) is 17.8. The van der Waals surface area contributed by atoms with E-state index in [4.69, 9.17) is 4.74 Å². The summed E-state index contributed by atoms with van der Waals surface area (Å²) < 4.78 is 5.74. The van der Waals surface area contributed by atoms with E-state index in [2.05, 4.69) is 31.3 Å². The third kappa shape index (κ3) is 2.30. The van der Waals surface area contributed by atoms with E-state index in [9.17, 15) is 0 Å². The summed E-state index contributed by atoms with van der Waals surface area (Å²) in [5.41, 5.74) is 1.37. The van der Waals surface area contributed by atoms with E-state index in [-0.39, 0.29) is 6.04 Å². The minimum Gasteiger partial charge on any atom is -0.496 e. The fourth-order valence-electron chi connectivity index (χ4n) is 1.95. The molecule has 0 aromatic carbocycles. The number of nitrogens with one attached hydrogen (secondary N) is 1. The van der Waals surface area contributed by atoms with Crippen molar-refractivity contribution in [3.8, 4) is 0 Å². The minimum atomic E-state index is 0.234. The van der Waals surface area contributed by atoms with Crippen molar-refractivity contribution >= 4 is 11.3 Å². The molecule has 1 aromatic rings. The maximum Gasteiger partial charge on any atom is 0.114 e. The lowest BCUT2D eigenvalue weighted by atomic mass is 10.1. The number of hydrogen-bond acceptors (Lipinski definition) is 3. The topological polar surface area (TPSA) is 21.3 Å². The van der Waals surface area contributed by atoms with Gasteiger partial charge < -0.3 is 10.1 Å². The van der Waals surface area contributed by atoms with Crippen LogP contribution in [0.1, 0.15) is 34.2 Å². The Morgan fingerprint density at radius 1 is 1.44 bits per heavy atom. The first-order chi connectivity index (χ1) is 7.72. The first-order valence-corrected chi connectivity index (χ1v) is 6.61. The van der Waals surface area contributed by atoms with Crippen molar-refractivity contribution in [3.05, 3.63) is 33.2 Å². The quantitative estimate of drug-likeness (QED) is 0.870. The SMILES string of the molecule is CNC(C1=CCCCO1)c1cc(C)c(C)s1. The molecule has 0 spiro atoms. The second kappa shape index (κ2) is 5.02. The van der Waals surface area contributed by atoms with E-state index in [1.54, 1.807) is 0 Å². The molecule has 0 amide bonds. The molecule has 0 fully saturated rings. The van der Waals surface area contributed by atoms with Crippen LogP contribution in [0.15, 0.2) is 17.9 Å². The third-order valence-electron chi connectivity index (χ3n) is 3.01. The lowest BCUT2D eigenvalue weighted by Gasteiger charge is -2.22. The fraction of sp³-hybridized carbons (Fsp3) is 0.538. The number of rotatable bonds is 3. The van der Waals surface area contributed by atoms with Gasteiger partial charge in [-0.3, -0.25) is 0 Å². The number of aryl methyl sites for hydroxylation is 2. The van der Waals surface area contributed by atoms with Crippen LogP contribution in [-0.2, 0) is 4.74 Å². The highest BCUT2D eigenvalue weighted by Crippen LogP contribution is 2.32. The summed E-state index contributed by atoms with van der Waals surface area (Å²) in [6.45, 7) is 5.19. The molecule has 1 aliphatic rings. The van der Waals surface area contributed by atoms with Crippen LogP contribution >= 0.6 is 11.3 Å². The van der Waals surface area contributed by atoms with Gasteiger partial charge in [0.15, 0.2) is 0 Å². The fourth-order valence-corrected chi connectivity index (χ4v) is 3.11. The van der Waals surface area contributed by atoms with Crippen LogP contribution in [0, 0.1) is 13.8 Å². The van der Waals surface area contributed by atoms with Crippen LogP contribution in [0.3, 0.4) is 0 Å². The second-order valence-electron chi connectivity index (χ2n) is 4.21. The zero-order chi connectivity index (χ0) is 11.5. The van der Waals surface area contributed by atoms with E-state index >= 15 is 0 Å². The molecule has 2 nitrogen and oxygen atoms in total. The van der Waals surface area contributed by atoms with Crippen molar-refractivity contribution in [2.45, 2.75) is 32.7 Å². The Hall–Kier alpha value is -0.800. The van der Waals surface area contributed by atoms with Crippen molar-refractivity contribution in [3.63, 3.8) is 0 Å². The summed E-state index contributed by atoms with van der Waals surface area (Å²) in [5.74, 6) is 1.09. The van der Waals surface area contributed by atoms with Gasteiger partial charge >= 0.3 is 0 Å². The minimum absolute atomic E-state index is 0.234. The molecule has 0 bridgehead atoms. The van der Waals surface area contributed by atoms with Crippen molar-refractivity contribution in [2.75, 3.05) is 13.7 Å². The molecule has 2 heterocycles. The van der Waals surface area contributed by atoms with Gasteiger partial charge in [0.05, 0.1) is 12.6 Å². The summed E-state index contributed by atoms with van der Waals surface area (Å²) >= 11 is 1.86. The molecule has 3 heteroatoms. The van der Waals surface area contributed by atoms with Crippen LogP contribution in [0.2, 0.25) is 0 Å². The number of thiophene rings is 1. The molecule has 1 aromatic heterocycles. The molecule has 0 radical (unpaired) electrons. The molecule has 16 heavy (non-hydrogen) atoms. The number of hydrogen-bond donors (Lipinski definition) is 1. The Bertz CT molecular complexity index is 375. The Labute approximate surface area is 101 Å². The van der Waals surface area contributed by atoms with Crippen molar-refractivity contribution in [2.24, 2.45) is 0 Å². The predicted octanol–water partition coefficient (Wildman–Crippen LogP) is 3.32. The second-order valence-corrected chi connectivity index (χ2v) is 5.49. The van der Waals surface area contributed by atoms with Gasteiger partial charge in [-0.15, -0.1) is 11.3 Å². The first-order valence-electron chi connectivity index (χ1n) is 5.79. The predicted molar refractivity (Wildman–Crippen MR) is 68.9 cm³/mol. The van der Waals surface area contributed by atoms with E-state index in [1.165, 1.54) is 15.3 Å². The number of ether oxygens (including phenoxy) is 1. The summed E-state index contributed by atoms with van der Waals surface area (Å²) in [7, 11) is 1.99. The highest BCUT2D eigenvalue weighted by atomic mass is 32.1. The maximum atomic E-state index is 5.74. The van der Waals surface area contributed by atoms with Gasteiger partial charge in [0.25, 0.3) is 0 Å². The molecule has 1 N–H and O–H groups in total. The van der Waals surface area contributed by atoms with Gasteiger partial charge in [-0.25, -0.2) is 0 Å². The lowest BCUT2D eigenvalue weighted by Crippen LogP contribution is -2.21. The lowest BCUT2D eigenvalue weighted by molar-refractivity contribution is 0.170. The van der Waals surface area contributed by atoms with Crippen molar-refractivity contribution in [1.82, 2.24) is 5.32 Å². The van der Waals surface area contributed by atoms with Gasteiger partial charge in [0, 0.05) is 9.75 Å². The number of likely N-dealkylation sites (N-methyl/N-ethyl adjacent to an activating group) is 1. The smallest absolute Gasteiger partial charge is 0.114 e. The number of allylic oxidation sites excluding steroid dienone is 1. The summed E-state index contributed by atoms with van der Waals surface area (Å²) in [4.78, 5) is 2.75. The highest BCUT2D eigenvalue weighted by Gasteiger charge is 2.20. The molecular formula is C13H19NOS. The van der Waals surface area contributed by atoms with Crippen LogP contribution in [-0.4, -0.2) is 13.7 Å². The van der Waals surface area contributed by atoms with Crippen LogP contribution in [0.25, 0.3) is 0 Å². The Kier molecular flexibility index (Phi) is 3.66. The highest BCUT2D eigenvalue weighted by molar-refractivity contribution is 7.12. The van der Waals surface area contributed by atoms with Crippen molar-refractivity contribution in [1.29, 1.82) is 0 Å². The maximum absolute atomic E-state index is 5.74. The van der Waals surface area contributed by atoms with Gasteiger partial charge in [-0.1, -0.05) is 0 Å². The summed E-state index contributed by atoms with van der Waals surface area (Å²) in [6, 6.07) is 2.50. The van der Waals surface area contributed by atoms with E-state index < -0.39 is 0 Å². The largest absolute Gasteiger partial charge is 0.496 e. The molecule has 1 unspecified atom stereocenters. The molecule has 1 aliphatic heterocycles. The Morgan fingerprint density at radius 2 is 2.25 bits per heavy atom. The summed E-state index contributed by atoms with van der Waals surface area (Å²) in [6.07, 6.45) is 4.49. The van der Waals surface area contributed by atoms with Crippen LogP contribution < -0.4 is 5.32 Å². The summed E-state index contributed by atoms with van der Waals surface area (Å²) in [5, 5.41) is 3.35. The van der Waals surface area contributed by atoms with Gasteiger partial charge in [-0.05, 0) is 51.4 Å². The standard InChI is InChI=1S/C13H19NOS/c1-9-8-12(16-10(9)2)13(14-3)11-6-4-5-7-15-11/h6,8,13-14H,4-5,7H2,1-3H3. The molecular weight excluding hydrogens is 218 g/mol.